The molecule has 2 aromatic rings. The third-order valence-corrected chi connectivity index (χ3v) is 3.97. The third-order valence-electron chi connectivity index (χ3n) is 2.62. The smallest absolute Gasteiger partial charge is 0.244 e. The van der Waals surface area contributed by atoms with Gasteiger partial charge in [0.1, 0.15) is 4.90 Å². The van der Waals surface area contributed by atoms with Crippen molar-refractivity contribution in [3.63, 3.8) is 0 Å². The lowest BCUT2D eigenvalue weighted by Crippen LogP contribution is -2.23. The molecule has 0 saturated carbocycles. The summed E-state index contributed by atoms with van der Waals surface area (Å²) in [6.07, 6.45) is 4.29. The molecule has 0 aliphatic rings. The molecule has 8 nitrogen and oxygen atoms in total. The van der Waals surface area contributed by atoms with Crippen LogP contribution in [0, 0.1) is 0 Å². The molecule has 0 radical (unpaired) electrons. The molecule has 0 aliphatic carbocycles. The molecule has 110 valence electrons. The molecule has 2 N–H and O–H groups in total. The first-order chi connectivity index (χ1) is 9.62. The van der Waals surface area contributed by atoms with Crippen molar-refractivity contribution >= 4 is 10.0 Å². The second kappa shape index (κ2) is 6.64. The number of hydrogen-bond donors (Lipinski definition) is 2. The van der Waals surface area contributed by atoms with Crippen molar-refractivity contribution in [2.75, 3.05) is 13.1 Å². The Labute approximate surface area is 117 Å². The van der Waals surface area contributed by atoms with E-state index in [0.717, 1.165) is 13.1 Å². The molecule has 0 unspecified atom stereocenters. The lowest BCUT2D eigenvalue weighted by molar-refractivity contribution is 0.380. The normalized spacial score (nSPS) is 11.8. The van der Waals surface area contributed by atoms with Crippen LogP contribution in [0.25, 0.3) is 0 Å². The molecular weight excluding hydrogens is 282 g/mol. The summed E-state index contributed by atoms with van der Waals surface area (Å²) in [4.78, 5) is 0.133. The maximum Gasteiger partial charge on any atom is 0.244 e. The van der Waals surface area contributed by atoms with Crippen molar-refractivity contribution < 1.29 is 12.9 Å². The molecular formula is C11H17N5O3S. The Bertz CT molecular complexity index is 620. The summed E-state index contributed by atoms with van der Waals surface area (Å²) in [5, 5.41) is 10.7. The molecule has 9 heteroatoms. The number of sulfonamides is 1. The first-order valence-corrected chi connectivity index (χ1v) is 7.72. The summed E-state index contributed by atoms with van der Waals surface area (Å²) < 4.78 is 32.9. The van der Waals surface area contributed by atoms with Crippen LogP contribution < -0.4 is 10.0 Å². The van der Waals surface area contributed by atoms with Crippen molar-refractivity contribution in [3.8, 4) is 0 Å². The van der Waals surface area contributed by atoms with Gasteiger partial charge < -0.3 is 9.84 Å². The third kappa shape index (κ3) is 3.89. The van der Waals surface area contributed by atoms with Crippen LogP contribution in [0.5, 0.6) is 0 Å². The fourth-order valence-corrected chi connectivity index (χ4v) is 2.50. The molecule has 0 aromatic carbocycles. The maximum atomic E-state index is 12.0. The van der Waals surface area contributed by atoms with E-state index in [9.17, 15) is 8.42 Å². The molecule has 2 heterocycles. The van der Waals surface area contributed by atoms with E-state index in [1.807, 2.05) is 6.92 Å². The fourth-order valence-electron chi connectivity index (χ4n) is 1.56. The van der Waals surface area contributed by atoms with Crippen molar-refractivity contribution in [2.24, 2.45) is 0 Å². The Balaban J connectivity index is 1.95. The quantitative estimate of drug-likeness (QED) is 0.663. The van der Waals surface area contributed by atoms with Crippen LogP contribution in [-0.4, -0.2) is 36.4 Å². The van der Waals surface area contributed by atoms with Gasteiger partial charge in [-0.05, 0) is 6.54 Å². The van der Waals surface area contributed by atoms with Gasteiger partial charge in [0.05, 0.1) is 25.5 Å². The van der Waals surface area contributed by atoms with E-state index in [-0.39, 0.29) is 11.4 Å². The van der Waals surface area contributed by atoms with E-state index >= 15 is 0 Å². The van der Waals surface area contributed by atoms with Crippen molar-refractivity contribution in [1.82, 2.24) is 25.0 Å². The maximum absolute atomic E-state index is 12.0. The highest BCUT2D eigenvalue weighted by molar-refractivity contribution is 7.89. The summed E-state index contributed by atoms with van der Waals surface area (Å²) in [5.74, 6) is 0.452. The highest BCUT2D eigenvalue weighted by Gasteiger charge is 2.16. The van der Waals surface area contributed by atoms with Crippen LogP contribution in [0.4, 0.5) is 0 Å². The minimum Gasteiger partial charge on any atom is -0.360 e. The number of nitrogens with zero attached hydrogens (tertiary/aromatic N) is 3. The van der Waals surface area contributed by atoms with Gasteiger partial charge in [0, 0.05) is 18.8 Å². The molecule has 20 heavy (non-hydrogen) atoms. The van der Waals surface area contributed by atoms with Crippen LogP contribution in [0.1, 0.15) is 12.7 Å². The van der Waals surface area contributed by atoms with E-state index in [0.29, 0.717) is 12.3 Å². The highest BCUT2D eigenvalue weighted by Crippen LogP contribution is 2.08. The standard InChI is InChI=1S/C11H17N5O3S/c1-2-12-5-6-16-9-11(8-13-16)20(17,18)15-7-10-3-4-14-19-10/h3-4,8-9,12,15H,2,5-7H2,1H3. The second-order valence-corrected chi connectivity index (χ2v) is 5.86. The van der Waals surface area contributed by atoms with Crippen molar-refractivity contribution in [3.05, 3.63) is 30.4 Å². The van der Waals surface area contributed by atoms with E-state index in [4.69, 9.17) is 4.52 Å². The summed E-state index contributed by atoms with van der Waals surface area (Å²) >= 11 is 0. The Morgan fingerprint density at radius 1 is 1.45 bits per heavy atom. The van der Waals surface area contributed by atoms with Crippen LogP contribution in [-0.2, 0) is 23.1 Å². The molecule has 0 atom stereocenters. The summed E-state index contributed by atoms with van der Waals surface area (Å²) in [6, 6.07) is 1.60. The lowest BCUT2D eigenvalue weighted by atomic mass is 10.5. The zero-order valence-corrected chi connectivity index (χ0v) is 11.9. The topological polar surface area (TPSA) is 102 Å². The van der Waals surface area contributed by atoms with Crippen LogP contribution in [0.3, 0.4) is 0 Å². The zero-order valence-electron chi connectivity index (χ0n) is 11.1. The predicted molar refractivity (Wildman–Crippen MR) is 71.3 cm³/mol. The van der Waals surface area contributed by atoms with Gasteiger partial charge in [0.2, 0.25) is 10.0 Å². The Hall–Kier alpha value is -1.71. The Morgan fingerprint density at radius 2 is 2.30 bits per heavy atom. The average Bonchev–Trinajstić information content (AvgIpc) is 3.08. The monoisotopic (exact) mass is 299 g/mol. The largest absolute Gasteiger partial charge is 0.360 e. The number of hydrogen-bond acceptors (Lipinski definition) is 6. The van der Waals surface area contributed by atoms with Crippen LogP contribution >= 0.6 is 0 Å². The van der Waals surface area contributed by atoms with Crippen LogP contribution in [0.2, 0.25) is 0 Å². The Morgan fingerprint density at radius 3 is 3.00 bits per heavy atom. The molecule has 0 bridgehead atoms. The number of nitrogens with one attached hydrogen (secondary N) is 2. The van der Waals surface area contributed by atoms with Crippen LogP contribution in [0.15, 0.2) is 34.1 Å². The predicted octanol–water partition coefficient (Wildman–Crippen LogP) is -0.0409. The fraction of sp³-hybridized carbons (Fsp3) is 0.455. The van der Waals surface area contributed by atoms with Gasteiger partial charge in [0.15, 0.2) is 5.76 Å². The van der Waals surface area contributed by atoms with Gasteiger partial charge >= 0.3 is 0 Å². The first-order valence-electron chi connectivity index (χ1n) is 6.24. The minimum atomic E-state index is -3.59. The number of aromatic nitrogens is 3. The minimum absolute atomic E-state index is 0.0604. The van der Waals surface area contributed by atoms with Crippen molar-refractivity contribution in [2.45, 2.75) is 24.9 Å². The van der Waals surface area contributed by atoms with E-state index in [2.05, 4.69) is 20.3 Å². The van der Waals surface area contributed by atoms with Gasteiger partial charge in [0.25, 0.3) is 0 Å². The van der Waals surface area contributed by atoms with Gasteiger partial charge in [-0.3, -0.25) is 4.68 Å². The second-order valence-electron chi connectivity index (χ2n) is 4.10. The summed E-state index contributed by atoms with van der Waals surface area (Å²) in [6.45, 7) is 4.29. The number of rotatable bonds is 8. The van der Waals surface area contributed by atoms with Crippen molar-refractivity contribution in [1.29, 1.82) is 0 Å². The highest BCUT2D eigenvalue weighted by atomic mass is 32.2. The number of likely N-dealkylation sites (N-methyl/N-ethyl adjacent to an activating group) is 1. The molecule has 0 aliphatic heterocycles. The molecule has 0 saturated heterocycles. The summed E-state index contributed by atoms with van der Waals surface area (Å²) in [5.41, 5.74) is 0. The Kier molecular flexibility index (Phi) is 4.88. The molecule has 0 spiro atoms. The van der Waals surface area contributed by atoms with E-state index in [1.165, 1.54) is 18.6 Å². The van der Waals surface area contributed by atoms with Gasteiger partial charge in [-0.2, -0.15) is 5.10 Å². The molecule has 0 fully saturated rings. The molecule has 2 rings (SSSR count). The average molecular weight is 299 g/mol. The lowest BCUT2D eigenvalue weighted by Gasteiger charge is -2.02. The first kappa shape index (κ1) is 14.7. The van der Waals surface area contributed by atoms with Gasteiger partial charge in [-0.15, -0.1) is 0 Å². The SMILES string of the molecule is CCNCCn1cc(S(=O)(=O)NCc2ccno2)cn1. The van der Waals surface area contributed by atoms with E-state index in [1.54, 1.807) is 10.7 Å². The molecule has 0 amide bonds. The van der Waals surface area contributed by atoms with E-state index < -0.39 is 10.0 Å². The summed E-state index contributed by atoms with van der Waals surface area (Å²) in [7, 11) is -3.59. The van der Waals surface area contributed by atoms with Gasteiger partial charge in [-0.25, -0.2) is 13.1 Å². The van der Waals surface area contributed by atoms with Gasteiger partial charge in [-0.1, -0.05) is 12.1 Å². The molecule has 2 aromatic heterocycles. The zero-order chi connectivity index (χ0) is 14.4.